The van der Waals surface area contributed by atoms with Crippen molar-refractivity contribution in [2.45, 2.75) is 6.18 Å². The van der Waals surface area contributed by atoms with Crippen LogP contribution >= 0.6 is 0 Å². The quantitative estimate of drug-likeness (QED) is 0.252. The van der Waals surface area contributed by atoms with Crippen LogP contribution in [-0.4, -0.2) is 53.5 Å². The number of alkyl halides is 3. The highest BCUT2D eigenvalue weighted by atomic mass is 19.4. The summed E-state index contributed by atoms with van der Waals surface area (Å²) in [6.45, 7) is -2.15. The first-order valence-corrected chi connectivity index (χ1v) is 3.75. The van der Waals surface area contributed by atoms with Crippen molar-refractivity contribution in [3.8, 4) is 0 Å². The highest BCUT2D eigenvalue weighted by molar-refractivity contribution is 5.81. The van der Waals surface area contributed by atoms with Gasteiger partial charge in [-0.15, -0.1) is 0 Å². The molecular formula is C6H12F3N3O2. The molecule has 0 spiro atoms. The van der Waals surface area contributed by atoms with E-state index < -0.39 is 19.3 Å². The van der Waals surface area contributed by atoms with Crippen molar-refractivity contribution >= 4 is 5.84 Å². The number of nitrogens with zero attached hydrogens (tertiary/aromatic N) is 2. The molecule has 0 amide bonds. The lowest BCUT2D eigenvalue weighted by Gasteiger charge is -2.21. The summed E-state index contributed by atoms with van der Waals surface area (Å²) >= 11 is 0. The second-order valence-electron chi connectivity index (χ2n) is 2.64. The molecule has 0 atom stereocenters. The van der Waals surface area contributed by atoms with Crippen LogP contribution in [0.4, 0.5) is 13.2 Å². The third-order valence-corrected chi connectivity index (χ3v) is 1.33. The summed E-state index contributed by atoms with van der Waals surface area (Å²) in [5.41, 5.74) is 5.03. The SMILES string of the molecule is NC(CN(CCO)CC(F)(F)F)=NO. The Morgan fingerprint density at radius 3 is 2.36 bits per heavy atom. The minimum atomic E-state index is -4.37. The number of oxime groups is 1. The number of rotatable bonds is 5. The average molecular weight is 215 g/mol. The predicted molar refractivity (Wildman–Crippen MR) is 43.0 cm³/mol. The van der Waals surface area contributed by atoms with Gasteiger partial charge in [0.15, 0.2) is 5.84 Å². The highest BCUT2D eigenvalue weighted by Gasteiger charge is 2.30. The molecule has 84 valence electrons. The van der Waals surface area contributed by atoms with Crippen molar-refractivity contribution in [3.63, 3.8) is 0 Å². The molecule has 0 bridgehead atoms. The molecule has 0 aromatic rings. The van der Waals surface area contributed by atoms with E-state index in [1.165, 1.54) is 0 Å². The summed E-state index contributed by atoms with van der Waals surface area (Å²) in [4.78, 5) is 0.828. The third kappa shape index (κ3) is 6.49. The van der Waals surface area contributed by atoms with Crippen molar-refractivity contribution in [2.24, 2.45) is 10.9 Å². The molecule has 0 rings (SSSR count). The maximum absolute atomic E-state index is 11.9. The van der Waals surface area contributed by atoms with E-state index in [1.807, 2.05) is 0 Å². The van der Waals surface area contributed by atoms with Crippen molar-refractivity contribution in [3.05, 3.63) is 0 Å². The highest BCUT2D eigenvalue weighted by Crippen LogP contribution is 2.15. The van der Waals surface area contributed by atoms with Crippen molar-refractivity contribution in [1.29, 1.82) is 0 Å². The Balaban J connectivity index is 4.15. The molecule has 0 radical (unpaired) electrons. The van der Waals surface area contributed by atoms with E-state index >= 15 is 0 Å². The Morgan fingerprint density at radius 2 is 2.00 bits per heavy atom. The second-order valence-corrected chi connectivity index (χ2v) is 2.64. The summed E-state index contributed by atoms with van der Waals surface area (Å²) in [6.07, 6.45) is -4.37. The predicted octanol–water partition coefficient (Wildman–Crippen LogP) is -0.411. The van der Waals surface area contributed by atoms with Crippen LogP contribution in [0.15, 0.2) is 5.16 Å². The number of aliphatic hydroxyl groups excluding tert-OH is 1. The van der Waals surface area contributed by atoms with Gasteiger partial charge in [-0.2, -0.15) is 13.2 Å². The molecule has 4 N–H and O–H groups in total. The van der Waals surface area contributed by atoms with Gasteiger partial charge in [0.2, 0.25) is 0 Å². The van der Waals surface area contributed by atoms with E-state index in [9.17, 15) is 13.2 Å². The van der Waals surface area contributed by atoms with Gasteiger partial charge >= 0.3 is 6.18 Å². The fourth-order valence-corrected chi connectivity index (χ4v) is 0.870. The smallest absolute Gasteiger partial charge is 0.401 e. The Hall–Kier alpha value is -1.02. The standard InChI is InChI=1S/C6H12F3N3O2/c7-6(8,9)4-12(1-2-13)3-5(10)11-14/h13-14H,1-4H2,(H2,10,11). The Bertz CT molecular complexity index is 195. The maximum atomic E-state index is 11.9. The van der Waals surface area contributed by atoms with E-state index in [0.717, 1.165) is 4.90 Å². The summed E-state index contributed by atoms with van der Waals surface area (Å²) in [5, 5.41) is 19.2. The Morgan fingerprint density at radius 1 is 1.43 bits per heavy atom. The molecule has 0 fully saturated rings. The molecule has 0 aromatic heterocycles. The summed E-state index contributed by atoms with van der Waals surface area (Å²) in [5.74, 6) is -0.331. The van der Waals surface area contributed by atoms with Gasteiger partial charge in [0, 0.05) is 6.54 Å². The minimum Gasteiger partial charge on any atom is -0.409 e. The van der Waals surface area contributed by atoms with Gasteiger partial charge in [0.25, 0.3) is 0 Å². The van der Waals surface area contributed by atoms with Crippen molar-refractivity contribution in [1.82, 2.24) is 4.90 Å². The van der Waals surface area contributed by atoms with Crippen LogP contribution in [0.2, 0.25) is 0 Å². The molecular weight excluding hydrogens is 203 g/mol. The van der Waals surface area contributed by atoms with E-state index in [0.29, 0.717) is 0 Å². The molecule has 5 nitrogen and oxygen atoms in total. The van der Waals surface area contributed by atoms with Crippen LogP contribution in [0.25, 0.3) is 0 Å². The van der Waals surface area contributed by atoms with Gasteiger partial charge in [0.1, 0.15) is 0 Å². The van der Waals surface area contributed by atoms with Gasteiger partial charge in [-0.25, -0.2) is 0 Å². The molecule has 0 saturated heterocycles. The minimum absolute atomic E-state index is 0.185. The number of nitrogens with two attached hydrogens (primary N) is 1. The zero-order valence-corrected chi connectivity index (χ0v) is 7.33. The lowest BCUT2D eigenvalue weighted by molar-refractivity contribution is -0.145. The van der Waals surface area contributed by atoms with Crippen LogP contribution < -0.4 is 5.73 Å². The zero-order valence-electron chi connectivity index (χ0n) is 7.33. The molecule has 8 heteroatoms. The van der Waals surface area contributed by atoms with E-state index in [2.05, 4.69) is 5.16 Å². The maximum Gasteiger partial charge on any atom is 0.401 e. The van der Waals surface area contributed by atoms with Gasteiger partial charge in [0.05, 0.1) is 19.7 Å². The van der Waals surface area contributed by atoms with E-state index in [-0.39, 0.29) is 18.9 Å². The fraction of sp³-hybridized carbons (Fsp3) is 0.833. The van der Waals surface area contributed by atoms with Crippen LogP contribution in [0.3, 0.4) is 0 Å². The van der Waals surface area contributed by atoms with Gasteiger partial charge in [-0.3, -0.25) is 4.90 Å². The van der Waals surface area contributed by atoms with Crippen LogP contribution in [0.5, 0.6) is 0 Å². The van der Waals surface area contributed by atoms with Crippen molar-refractivity contribution < 1.29 is 23.5 Å². The molecule has 14 heavy (non-hydrogen) atoms. The monoisotopic (exact) mass is 215 g/mol. The van der Waals surface area contributed by atoms with Gasteiger partial charge < -0.3 is 16.0 Å². The third-order valence-electron chi connectivity index (χ3n) is 1.33. The largest absolute Gasteiger partial charge is 0.409 e. The molecule has 0 unspecified atom stereocenters. The van der Waals surface area contributed by atoms with Crippen LogP contribution in [-0.2, 0) is 0 Å². The average Bonchev–Trinajstić information content (AvgIpc) is 2.01. The summed E-state index contributed by atoms with van der Waals surface area (Å²) < 4.78 is 35.8. The first-order valence-electron chi connectivity index (χ1n) is 3.75. The van der Waals surface area contributed by atoms with E-state index in [4.69, 9.17) is 16.0 Å². The summed E-state index contributed by atoms with van der Waals surface area (Å²) in [7, 11) is 0. The van der Waals surface area contributed by atoms with Crippen LogP contribution in [0, 0.1) is 0 Å². The molecule has 0 aliphatic carbocycles. The van der Waals surface area contributed by atoms with E-state index in [1.54, 1.807) is 0 Å². The lowest BCUT2D eigenvalue weighted by atomic mass is 10.4. The normalized spacial score (nSPS) is 13.6. The first-order chi connectivity index (χ1) is 6.39. The topological polar surface area (TPSA) is 82.1 Å². The molecule has 0 aliphatic rings. The molecule has 0 saturated carbocycles. The fourth-order valence-electron chi connectivity index (χ4n) is 0.870. The number of halogens is 3. The van der Waals surface area contributed by atoms with Crippen molar-refractivity contribution in [2.75, 3.05) is 26.2 Å². The number of hydrogen-bond donors (Lipinski definition) is 3. The van der Waals surface area contributed by atoms with Gasteiger partial charge in [-0.05, 0) is 0 Å². The summed E-state index contributed by atoms with van der Waals surface area (Å²) in [6, 6.07) is 0. The molecule has 0 aromatic carbocycles. The van der Waals surface area contributed by atoms with Gasteiger partial charge in [-0.1, -0.05) is 5.16 Å². The zero-order chi connectivity index (χ0) is 11.2. The number of aliphatic hydroxyl groups is 1. The lowest BCUT2D eigenvalue weighted by Crippen LogP contribution is -2.41. The van der Waals surface area contributed by atoms with Crippen LogP contribution in [0.1, 0.15) is 0 Å². The Kier molecular flexibility index (Phi) is 5.24. The number of amidine groups is 1. The second kappa shape index (κ2) is 5.66. The molecule has 0 heterocycles. The molecule has 0 aliphatic heterocycles. The first kappa shape index (κ1) is 13.0. The Labute approximate surface area is 78.6 Å². The number of hydrogen-bond acceptors (Lipinski definition) is 4.